The molecule has 12 heavy (non-hydrogen) atoms. The maximum Gasteiger partial charge on any atom is 0.274 e. The fraction of sp³-hybridized carbons (Fsp3) is 0.429. The normalized spacial score (nSPS) is 10.1. The van der Waals surface area contributed by atoms with Crippen molar-refractivity contribution in [2.24, 2.45) is 0 Å². The summed E-state index contributed by atoms with van der Waals surface area (Å²) in [6, 6.07) is 0. The molecule has 0 spiro atoms. The Kier molecular flexibility index (Phi) is 2.82. The minimum absolute atomic E-state index is 0.121. The number of anilines is 1. The van der Waals surface area contributed by atoms with Crippen LogP contribution in [-0.4, -0.2) is 16.6 Å². The SMILES string of the molecule is CCOCc1ncc(N)c(=O)[nH]1. The Hall–Kier alpha value is -1.36. The monoisotopic (exact) mass is 169 g/mol. The van der Waals surface area contributed by atoms with E-state index < -0.39 is 0 Å². The van der Waals surface area contributed by atoms with Gasteiger partial charge in [-0.2, -0.15) is 0 Å². The molecule has 0 unspecified atom stereocenters. The van der Waals surface area contributed by atoms with E-state index in [9.17, 15) is 4.79 Å². The molecule has 0 aromatic carbocycles. The number of H-pyrrole nitrogens is 1. The molecule has 0 amide bonds. The standard InChI is InChI=1S/C7H11N3O2/c1-2-12-4-6-9-3-5(8)7(11)10-6/h3H,2,4,8H2,1H3,(H,9,10,11). The Labute approximate surface area is 69.6 Å². The first kappa shape index (κ1) is 8.73. The van der Waals surface area contributed by atoms with Gasteiger partial charge in [0.15, 0.2) is 0 Å². The molecular weight excluding hydrogens is 158 g/mol. The predicted octanol–water partition coefficient (Wildman–Crippen LogP) is -0.111. The number of aromatic amines is 1. The van der Waals surface area contributed by atoms with Crippen molar-refractivity contribution in [2.45, 2.75) is 13.5 Å². The summed E-state index contributed by atoms with van der Waals surface area (Å²) in [7, 11) is 0. The lowest BCUT2D eigenvalue weighted by molar-refractivity contribution is 0.128. The van der Waals surface area contributed by atoms with Gasteiger partial charge in [0.2, 0.25) is 0 Å². The minimum atomic E-state index is -0.320. The highest BCUT2D eigenvalue weighted by molar-refractivity contribution is 5.30. The van der Waals surface area contributed by atoms with E-state index in [0.29, 0.717) is 19.0 Å². The lowest BCUT2D eigenvalue weighted by atomic mass is 10.5. The van der Waals surface area contributed by atoms with Crippen LogP contribution in [0.3, 0.4) is 0 Å². The largest absolute Gasteiger partial charge is 0.393 e. The van der Waals surface area contributed by atoms with Crippen LogP contribution in [0.15, 0.2) is 11.0 Å². The van der Waals surface area contributed by atoms with Crippen LogP contribution in [0.2, 0.25) is 0 Å². The molecule has 0 saturated heterocycles. The summed E-state index contributed by atoms with van der Waals surface area (Å²) in [5.74, 6) is 0.496. The van der Waals surface area contributed by atoms with Gasteiger partial charge in [-0.15, -0.1) is 0 Å². The average molecular weight is 169 g/mol. The first-order chi connectivity index (χ1) is 5.74. The molecule has 1 heterocycles. The molecule has 3 N–H and O–H groups in total. The van der Waals surface area contributed by atoms with E-state index in [1.54, 1.807) is 0 Å². The van der Waals surface area contributed by atoms with Crippen LogP contribution in [0.4, 0.5) is 5.69 Å². The molecule has 0 aliphatic heterocycles. The van der Waals surface area contributed by atoms with Crippen molar-refractivity contribution >= 4 is 5.69 Å². The summed E-state index contributed by atoms with van der Waals surface area (Å²) in [4.78, 5) is 17.3. The molecule has 66 valence electrons. The highest BCUT2D eigenvalue weighted by atomic mass is 16.5. The number of hydrogen-bond acceptors (Lipinski definition) is 4. The zero-order valence-corrected chi connectivity index (χ0v) is 6.83. The third-order valence-corrected chi connectivity index (χ3v) is 1.32. The maximum atomic E-state index is 10.9. The highest BCUT2D eigenvalue weighted by Gasteiger charge is 1.97. The van der Waals surface area contributed by atoms with E-state index in [0.717, 1.165) is 0 Å². The summed E-state index contributed by atoms with van der Waals surface area (Å²) >= 11 is 0. The van der Waals surface area contributed by atoms with Crippen molar-refractivity contribution in [2.75, 3.05) is 12.3 Å². The van der Waals surface area contributed by atoms with Gasteiger partial charge in [0.1, 0.15) is 18.1 Å². The number of rotatable bonds is 3. The van der Waals surface area contributed by atoms with Crippen LogP contribution in [0.1, 0.15) is 12.7 Å². The second-order valence-corrected chi connectivity index (χ2v) is 2.25. The Morgan fingerprint density at radius 1 is 1.75 bits per heavy atom. The van der Waals surface area contributed by atoms with E-state index in [4.69, 9.17) is 10.5 Å². The molecule has 5 heteroatoms. The van der Waals surface area contributed by atoms with Gasteiger partial charge in [-0.1, -0.05) is 0 Å². The van der Waals surface area contributed by atoms with Crippen LogP contribution < -0.4 is 11.3 Å². The number of nitrogens with zero attached hydrogens (tertiary/aromatic N) is 1. The lowest BCUT2D eigenvalue weighted by Gasteiger charge is -1.99. The predicted molar refractivity (Wildman–Crippen MR) is 44.6 cm³/mol. The Bertz CT molecular complexity index is 308. The number of hydrogen-bond donors (Lipinski definition) is 2. The number of aromatic nitrogens is 2. The van der Waals surface area contributed by atoms with Gasteiger partial charge in [0, 0.05) is 6.61 Å². The minimum Gasteiger partial charge on any atom is -0.393 e. The molecule has 5 nitrogen and oxygen atoms in total. The molecule has 1 aromatic heterocycles. The van der Waals surface area contributed by atoms with Gasteiger partial charge in [0.25, 0.3) is 5.56 Å². The molecular formula is C7H11N3O2. The zero-order chi connectivity index (χ0) is 8.97. The molecule has 0 fully saturated rings. The zero-order valence-electron chi connectivity index (χ0n) is 6.83. The van der Waals surface area contributed by atoms with Crippen LogP contribution >= 0.6 is 0 Å². The van der Waals surface area contributed by atoms with Crippen LogP contribution in [0.5, 0.6) is 0 Å². The van der Waals surface area contributed by atoms with Crippen LogP contribution in [0, 0.1) is 0 Å². The third-order valence-electron chi connectivity index (χ3n) is 1.32. The summed E-state index contributed by atoms with van der Waals surface area (Å²) < 4.78 is 5.04. The lowest BCUT2D eigenvalue weighted by Crippen LogP contribution is -2.15. The number of nitrogens with two attached hydrogens (primary N) is 1. The molecule has 0 aliphatic rings. The molecule has 0 radical (unpaired) electrons. The van der Waals surface area contributed by atoms with E-state index in [-0.39, 0.29) is 11.2 Å². The summed E-state index contributed by atoms with van der Waals surface area (Å²) in [5.41, 5.74) is 5.07. The Morgan fingerprint density at radius 2 is 2.50 bits per heavy atom. The van der Waals surface area contributed by atoms with Crippen LogP contribution in [-0.2, 0) is 11.3 Å². The van der Waals surface area contributed by atoms with E-state index in [2.05, 4.69) is 9.97 Å². The second kappa shape index (κ2) is 3.87. The van der Waals surface area contributed by atoms with Crippen molar-refractivity contribution in [3.05, 3.63) is 22.4 Å². The van der Waals surface area contributed by atoms with Gasteiger partial charge >= 0.3 is 0 Å². The average Bonchev–Trinajstić information content (AvgIpc) is 2.07. The third kappa shape index (κ3) is 2.06. The van der Waals surface area contributed by atoms with Gasteiger partial charge in [-0.25, -0.2) is 4.98 Å². The smallest absolute Gasteiger partial charge is 0.274 e. The summed E-state index contributed by atoms with van der Waals surface area (Å²) in [6.07, 6.45) is 1.33. The molecule has 0 saturated carbocycles. The Balaban J connectivity index is 2.76. The van der Waals surface area contributed by atoms with Gasteiger partial charge in [0.05, 0.1) is 6.20 Å². The molecule has 1 aromatic rings. The van der Waals surface area contributed by atoms with Gasteiger partial charge in [-0.05, 0) is 6.92 Å². The van der Waals surface area contributed by atoms with Gasteiger partial charge < -0.3 is 15.5 Å². The quantitative estimate of drug-likeness (QED) is 0.661. The Morgan fingerprint density at radius 3 is 3.08 bits per heavy atom. The number of ether oxygens (including phenoxy) is 1. The molecule has 0 atom stereocenters. The summed E-state index contributed by atoms with van der Waals surface area (Å²) in [5, 5.41) is 0. The molecule has 0 bridgehead atoms. The van der Waals surface area contributed by atoms with E-state index >= 15 is 0 Å². The number of nitrogen functional groups attached to an aromatic ring is 1. The maximum absolute atomic E-state index is 10.9. The van der Waals surface area contributed by atoms with Crippen molar-refractivity contribution in [3.63, 3.8) is 0 Å². The van der Waals surface area contributed by atoms with Crippen molar-refractivity contribution in [3.8, 4) is 0 Å². The van der Waals surface area contributed by atoms with E-state index in [1.165, 1.54) is 6.20 Å². The van der Waals surface area contributed by atoms with Crippen molar-refractivity contribution < 1.29 is 4.74 Å². The molecule has 1 rings (SSSR count). The molecule has 0 aliphatic carbocycles. The highest BCUT2D eigenvalue weighted by Crippen LogP contribution is 1.91. The fourth-order valence-electron chi connectivity index (χ4n) is 0.714. The second-order valence-electron chi connectivity index (χ2n) is 2.25. The topological polar surface area (TPSA) is 81.0 Å². The van der Waals surface area contributed by atoms with Crippen molar-refractivity contribution in [1.82, 2.24) is 9.97 Å². The van der Waals surface area contributed by atoms with Crippen molar-refractivity contribution in [1.29, 1.82) is 0 Å². The van der Waals surface area contributed by atoms with Crippen LogP contribution in [0.25, 0.3) is 0 Å². The van der Waals surface area contributed by atoms with E-state index in [1.807, 2.05) is 6.92 Å². The fourth-order valence-corrected chi connectivity index (χ4v) is 0.714. The number of nitrogens with one attached hydrogen (secondary N) is 1. The first-order valence-corrected chi connectivity index (χ1v) is 3.65. The van der Waals surface area contributed by atoms with Gasteiger partial charge in [-0.3, -0.25) is 4.79 Å². The summed E-state index contributed by atoms with van der Waals surface area (Å²) in [6.45, 7) is 2.77. The first-order valence-electron chi connectivity index (χ1n) is 3.65.